The average molecular weight is 521 g/mol. The van der Waals surface area contributed by atoms with E-state index in [4.69, 9.17) is 10.6 Å². The van der Waals surface area contributed by atoms with Crippen LogP contribution in [-0.2, 0) is 23.6 Å². The zero-order chi connectivity index (χ0) is 23.9. The first-order valence-corrected chi connectivity index (χ1v) is 13.6. The monoisotopic (exact) mass is 520 g/mol. The minimum absolute atomic E-state index is 0. The molecular formula is C31H43CuN3-2. The molecule has 35 heavy (non-hydrogen) atoms. The fourth-order valence-electron chi connectivity index (χ4n) is 7.71. The van der Waals surface area contributed by atoms with Crippen molar-refractivity contribution in [1.29, 1.82) is 0 Å². The van der Waals surface area contributed by atoms with E-state index in [1.807, 2.05) is 0 Å². The molecule has 2 aromatic carbocycles. The van der Waals surface area contributed by atoms with Crippen molar-refractivity contribution in [2.24, 2.45) is 17.8 Å². The van der Waals surface area contributed by atoms with Crippen LogP contribution in [0.25, 0.3) is 10.6 Å². The van der Waals surface area contributed by atoms with Gasteiger partial charge in [-0.1, -0.05) is 73.4 Å². The average Bonchev–Trinajstić information content (AvgIpc) is 2.76. The summed E-state index contributed by atoms with van der Waals surface area (Å²) in [4.78, 5) is 0. The molecule has 4 aliphatic rings. The zero-order valence-corrected chi connectivity index (χ0v) is 23.1. The second-order valence-electron chi connectivity index (χ2n) is 12.1. The van der Waals surface area contributed by atoms with Crippen LogP contribution in [0.2, 0.25) is 0 Å². The molecule has 0 spiro atoms. The summed E-state index contributed by atoms with van der Waals surface area (Å²) in [6.07, 6.45) is 9.63. The fraction of sp³-hybridized carbons (Fsp3) is 0.613. The molecule has 2 atom stereocenters. The Morgan fingerprint density at radius 2 is 1.23 bits per heavy atom. The fourth-order valence-corrected chi connectivity index (χ4v) is 7.71. The van der Waals surface area contributed by atoms with Crippen LogP contribution in [0.15, 0.2) is 36.4 Å². The summed E-state index contributed by atoms with van der Waals surface area (Å²) in [5.74, 6) is 2.92. The Morgan fingerprint density at radius 1 is 0.771 bits per heavy atom. The molecule has 6 rings (SSSR count). The van der Waals surface area contributed by atoms with Crippen molar-refractivity contribution >= 4 is 11.4 Å². The third-order valence-corrected chi connectivity index (χ3v) is 8.83. The van der Waals surface area contributed by atoms with E-state index in [1.54, 1.807) is 0 Å². The van der Waals surface area contributed by atoms with E-state index in [0.717, 1.165) is 36.4 Å². The number of aryl methyl sites for hydroxylation is 3. The Bertz CT molecular complexity index is 961. The molecule has 0 saturated heterocycles. The van der Waals surface area contributed by atoms with Crippen LogP contribution in [0, 0.1) is 38.5 Å². The normalized spacial score (nSPS) is 28.3. The van der Waals surface area contributed by atoms with Gasteiger partial charge in [-0.25, -0.2) is 0 Å². The van der Waals surface area contributed by atoms with Gasteiger partial charge < -0.3 is 16.0 Å². The van der Waals surface area contributed by atoms with Crippen LogP contribution in [-0.4, -0.2) is 17.6 Å². The van der Waals surface area contributed by atoms with Crippen molar-refractivity contribution in [3.8, 4) is 0 Å². The molecule has 4 fully saturated rings. The molecule has 4 heteroatoms. The molecule has 1 N–H and O–H groups in total. The summed E-state index contributed by atoms with van der Waals surface area (Å²) in [7, 11) is 0. The molecule has 1 radical (unpaired) electrons. The largest absolute Gasteiger partial charge is 0.681 e. The van der Waals surface area contributed by atoms with Crippen LogP contribution in [0.5, 0.6) is 0 Å². The van der Waals surface area contributed by atoms with Gasteiger partial charge in [0.2, 0.25) is 0 Å². The Balaban J connectivity index is 0.00000289. The summed E-state index contributed by atoms with van der Waals surface area (Å²) in [5, 5.41) is 14.4. The van der Waals surface area contributed by atoms with Gasteiger partial charge in [0, 0.05) is 29.2 Å². The van der Waals surface area contributed by atoms with Crippen molar-refractivity contribution in [3.05, 3.63) is 69.3 Å². The Morgan fingerprint density at radius 3 is 1.77 bits per heavy atom. The first kappa shape index (κ1) is 26.6. The SMILES string of the molecule is Cc1cccc(C)c1[N-]C(C)CC(C)[N-]c1c(C)cccc1CNC12CC3CC(CC(C3)C1)C2.[Cu]. The second kappa shape index (κ2) is 10.9. The summed E-state index contributed by atoms with van der Waals surface area (Å²) in [6.45, 7) is 11.9. The second-order valence-corrected chi connectivity index (χ2v) is 12.1. The molecule has 195 valence electrons. The van der Waals surface area contributed by atoms with Gasteiger partial charge in [0.1, 0.15) is 0 Å². The molecule has 0 aliphatic heterocycles. The van der Waals surface area contributed by atoms with Gasteiger partial charge in [0.05, 0.1) is 0 Å². The van der Waals surface area contributed by atoms with E-state index in [1.165, 1.54) is 66.5 Å². The maximum Gasteiger partial charge on any atom is 0.0198 e. The number of nitrogens with zero attached hydrogens (tertiary/aromatic N) is 2. The predicted octanol–water partition coefficient (Wildman–Crippen LogP) is 8.55. The zero-order valence-electron chi connectivity index (χ0n) is 22.2. The quantitative estimate of drug-likeness (QED) is 0.330. The Labute approximate surface area is 224 Å². The summed E-state index contributed by atoms with van der Waals surface area (Å²) < 4.78 is 0. The maximum atomic E-state index is 5.25. The summed E-state index contributed by atoms with van der Waals surface area (Å²) >= 11 is 0. The molecule has 2 unspecified atom stereocenters. The van der Waals surface area contributed by atoms with E-state index in [9.17, 15) is 0 Å². The molecule has 0 heterocycles. The molecular weight excluding hydrogens is 478 g/mol. The van der Waals surface area contributed by atoms with Crippen LogP contribution >= 0.6 is 0 Å². The Kier molecular flexibility index (Phi) is 8.25. The number of rotatable bonds is 9. The minimum atomic E-state index is 0. The van der Waals surface area contributed by atoms with Gasteiger partial charge in [-0.2, -0.15) is 0 Å². The van der Waals surface area contributed by atoms with E-state index >= 15 is 0 Å². The van der Waals surface area contributed by atoms with Gasteiger partial charge in [-0.3, -0.25) is 0 Å². The Hall–Kier alpha value is -1.48. The molecule has 0 amide bonds. The van der Waals surface area contributed by atoms with E-state index in [0.29, 0.717) is 5.54 Å². The predicted molar refractivity (Wildman–Crippen MR) is 144 cm³/mol. The minimum Gasteiger partial charge on any atom is -0.681 e. The number of para-hydroxylation sites is 2. The van der Waals surface area contributed by atoms with Gasteiger partial charge in [0.15, 0.2) is 0 Å². The van der Waals surface area contributed by atoms with Crippen molar-refractivity contribution in [1.82, 2.24) is 5.32 Å². The van der Waals surface area contributed by atoms with Gasteiger partial charge >= 0.3 is 0 Å². The molecule has 2 aromatic rings. The number of hydrogen-bond donors (Lipinski definition) is 1. The first-order valence-electron chi connectivity index (χ1n) is 13.6. The third kappa shape index (κ3) is 5.92. The number of nitrogens with one attached hydrogen (secondary N) is 1. The van der Waals surface area contributed by atoms with Crippen LogP contribution < -0.4 is 5.32 Å². The molecule has 3 nitrogen and oxygen atoms in total. The summed E-state index contributed by atoms with van der Waals surface area (Å²) in [5.41, 5.74) is 7.91. The van der Waals surface area contributed by atoms with Gasteiger partial charge in [-0.05, 0) is 82.6 Å². The first-order chi connectivity index (χ1) is 16.3. The van der Waals surface area contributed by atoms with E-state index in [2.05, 4.69) is 76.3 Å². The maximum absolute atomic E-state index is 5.25. The summed E-state index contributed by atoms with van der Waals surface area (Å²) in [6, 6.07) is 13.6. The van der Waals surface area contributed by atoms with E-state index in [-0.39, 0.29) is 29.2 Å². The van der Waals surface area contributed by atoms with E-state index < -0.39 is 0 Å². The number of benzene rings is 2. The topological polar surface area (TPSA) is 40.2 Å². The van der Waals surface area contributed by atoms with Crippen LogP contribution in [0.3, 0.4) is 0 Å². The third-order valence-electron chi connectivity index (χ3n) is 8.83. The van der Waals surface area contributed by atoms with Gasteiger partial charge in [0.25, 0.3) is 0 Å². The van der Waals surface area contributed by atoms with Gasteiger partial charge in [-0.15, -0.1) is 23.5 Å². The van der Waals surface area contributed by atoms with Crippen molar-refractivity contribution in [2.45, 2.75) is 104 Å². The van der Waals surface area contributed by atoms with Crippen molar-refractivity contribution in [2.75, 3.05) is 0 Å². The molecule has 4 saturated carbocycles. The van der Waals surface area contributed by atoms with Crippen LogP contribution in [0.4, 0.5) is 11.4 Å². The molecule has 4 aliphatic carbocycles. The molecule has 4 bridgehead atoms. The number of hydrogen-bond acceptors (Lipinski definition) is 1. The van der Waals surface area contributed by atoms with Crippen LogP contribution in [0.1, 0.15) is 81.0 Å². The van der Waals surface area contributed by atoms with Crippen molar-refractivity contribution in [3.63, 3.8) is 0 Å². The van der Waals surface area contributed by atoms with Crippen molar-refractivity contribution < 1.29 is 17.1 Å². The molecule has 0 aromatic heterocycles. The smallest absolute Gasteiger partial charge is 0.0198 e. The standard InChI is InChI=1S/C31H43N3.Cu/c1-20-8-6-9-21(2)29(20)33-23(4)12-24(5)34-30-22(3)10-7-11-28(30)19-32-31-16-25-13-26(17-31)15-27(14-25)18-31;/h6-11,23-27,32H,12-19H2,1-5H3;/q-2;.